The molecule has 0 amide bonds. The van der Waals surface area contributed by atoms with Crippen LogP contribution in [0.2, 0.25) is 0 Å². The Morgan fingerprint density at radius 2 is 2.05 bits per heavy atom. The SMILES string of the molecule is CCc1ncnc(N2CC(N3CCSCC3)C2)c1F. The molecule has 2 aliphatic heterocycles. The van der Waals surface area contributed by atoms with Crippen LogP contribution in [0.15, 0.2) is 6.33 Å². The van der Waals surface area contributed by atoms with Gasteiger partial charge in [-0.3, -0.25) is 4.90 Å². The summed E-state index contributed by atoms with van der Waals surface area (Å²) in [6.07, 6.45) is 2.09. The average molecular weight is 282 g/mol. The molecule has 0 spiro atoms. The lowest BCUT2D eigenvalue weighted by molar-refractivity contribution is 0.181. The molecule has 0 aromatic carbocycles. The Labute approximate surface area is 117 Å². The number of thioether (sulfide) groups is 1. The molecular weight excluding hydrogens is 263 g/mol. The molecule has 0 bridgehead atoms. The van der Waals surface area contributed by atoms with E-state index < -0.39 is 0 Å². The third-order valence-electron chi connectivity index (χ3n) is 3.90. The van der Waals surface area contributed by atoms with Crippen LogP contribution in [0.5, 0.6) is 0 Å². The molecule has 0 aliphatic carbocycles. The fourth-order valence-corrected chi connectivity index (χ4v) is 3.60. The van der Waals surface area contributed by atoms with Crippen LogP contribution in [-0.4, -0.2) is 58.6 Å². The molecule has 3 heterocycles. The first-order valence-electron chi connectivity index (χ1n) is 6.85. The minimum absolute atomic E-state index is 0.238. The number of halogens is 1. The summed E-state index contributed by atoms with van der Waals surface area (Å²) in [4.78, 5) is 12.6. The van der Waals surface area contributed by atoms with Crippen molar-refractivity contribution in [3.63, 3.8) is 0 Å². The Balaban J connectivity index is 1.64. The van der Waals surface area contributed by atoms with Crippen LogP contribution in [0, 0.1) is 5.82 Å². The van der Waals surface area contributed by atoms with Crippen molar-refractivity contribution >= 4 is 17.6 Å². The topological polar surface area (TPSA) is 32.3 Å². The van der Waals surface area contributed by atoms with Crippen molar-refractivity contribution in [2.75, 3.05) is 42.6 Å². The van der Waals surface area contributed by atoms with Gasteiger partial charge in [0.05, 0.1) is 5.69 Å². The van der Waals surface area contributed by atoms with Gasteiger partial charge in [-0.15, -0.1) is 0 Å². The minimum atomic E-state index is -0.238. The molecule has 0 N–H and O–H groups in total. The number of anilines is 1. The van der Waals surface area contributed by atoms with E-state index in [-0.39, 0.29) is 5.82 Å². The van der Waals surface area contributed by atoms with E-state index in [4.69, 9.17) is 0 Å². The lowest BCUT2D eigenvalue weighted by atomic mass is 10.1. The van der Waals surface area contributed by atoms with Gasteiger partial charge in [0.25, 0.3) is 0 Å². The zero-order valence-electron chi connectivity index (χ0n) is 11.2. The smallest absolute Gasteiger partial charge is 0.187 e. The normalized spacial score (nSPS) is 21.5. The maximum atomic E-state index is 14.1. The second-order valence-electron chi connectivity index (χ2n) is 5.02. The third-order valence-corrected chi connectivity index (χ3v) is 4.84. The van der Waals surface area contributed by atoms with Crippen molar-refractivity contribution in [1.82, 2.24) is 14.9 Å². The van der Waals surface area contributed by atoms with E-state index in [0.717, 1.165) is 26.2 Å². The fraction of sp³-hybridized carbons (Fsp3) is 0.692. The summed E-state index contributed by atoms with van der Waals surface area (Å²) in [7, 11) is 0. The lowest BCUT2D eigenvalue weighted by Crippen LogP contribution is -2.61. The predicted molar refractivity (Wildman–Crippen MR) is 76.3 cm³/mol. The third kappa shape index (κ3) is 2.56. The monoisotopic (exact) mass is 282 g/mol. The lowest BCUT2D eigenvalue weighted by Gasteiger charge is -2.47. The number of nitrogens with zero attached hydrogens (tertiary/aromatic N) is 4. The van der Waals surface area contributed by atoms with Crippen LogP contribution in [0.3, 0.4) is 0 Å². The average Bonchev–Trinajstić information content (AvgIpc) is 2.40. The second kappa shape index (κ2) is 5.63. The van der Waals surface area contributed by atoms with Gasteiger partial charge in [-0.25, -0.2) is 14.4 Å². The minimum Gasteiger partial charge on any atom is -0.351 e. The van der Waals surface area contributed by atoms with Gasteiger partial charge in [-0.05, 0) is 6.42 Å². The van der Waals surface area contributed by atoms with Crippen LogP contribution < -0.4 is 4.90 Å². The molecule has 0 unspecified atom stereocenters. The van der Waals surface area contributed by atoms with E-state index in [1.807, 2.05) is 23.6 Å². The number of hydrogen-bond donors (Lipinski definition) is 0. The quantitative estimate of drug-likeness (QED) is 0.837. The Morgan fingerprint density at radius 3 is 2.74 bits per heavy atom. The van der Waals surface area contributed by atoms with Crippen LogP contribution >= 0.6 is 11.8 Å². The van der Waals surface area contributed by atoms with Crippen molar-refractivity contribution in [3.8, 4) is 0 Å². The van der Waals surface area contributed by atoms with E-state index in [0.29, 0.717) is 24.0 Å². The van der Waals surface area contributed by atoms with E-state index in [1.165, 1.54) is 17.8 Å². The van der Waals surface area contributed by atoms with Gasteiger partial charge >= 0.3 is 0 Å². The molecule has 1 aromatic rings. The predicted octanol–water partition coefficient (Wildman–Crippen LogP) is 1.42. The highest BCUT2D eigenvalue weighted by molar-refractivity contribution is 7.99. The molecule has 4 nitrogen and oxygen atoms in total. The summed E-state index contributed by atoms with van der Waals surface area (Å²) in [6.45, 7) is 6.02. The molecule has 6 heteroatoms. The Hall–Kier alpha value is -0.880. The largest absolute Gasteiger partial charge is 0.351 e. The number of aromatic nitrogens is 2. The first kappa shape index (κ1) is 13.1. The summed E-state index contributed by atoms with van der Waals surface area (Å²) in [6, 6.07) is 0.570. The zero-order valence-corrected chi connectivity index (χ0v) is 12.0. The van der Waals surface area contributed by atoms with Crippen molar-refractivity contribution in [1.29, 1.82) is 0 Å². The van der Waals surface area contributed by atoms with Crippen molar-refractivity contribution in [3.05, 3.63) is 17.8 Å². The first-order chi connectivity index (χ1) is 9.29. The number of rotatable bonds is 3. The highest BCUT2D eigenvalue weighted by Crippen LogP contribution is 2.26. The molecule has 2 saturated heterocycles. The molecule has 0 saturated carbocycles. The van der Waals surface area contributed by atoms with Gasteiger partial charge in [0.2, 0.25) is 0 Å². The molecule has 2 fully saturated rings. The molecule has 104 valence electrons. The molecule has 3 rings (SSSR count). The van der Waals surface area contributed by atoms with Crippen molar-refractivity contribution in [2.24, 2.45) is 0 Å². The van der Waals surface area contributed by atoms with E-state index >= 15 is 0 Å². The highest BCUT2D eigenvalue weighted by atomic mass is 32.2. The zero-order chi connectivity index (χ0) is 13.2. The fourth-order valence-electron chi connectivity index (χ4n) is 2.66. The molecule has 19 heavy (non-hydrogen) atoms. The number of hydrogen-bond acceptors (Lipinski definition) is 5. The molecular formula is C13H19FN4S. The van der Waals surface area contributed by atoms with Crippen molar-refractivity contribution in [2.45, 2.75) is 19.4 Å². The number of aryl methyl sites for hydroxylation is 1. The van der Waals surface area contributed by atoms with Crippen LogP contribution in [-0.2, 0) is 6.42 Å². The maximum absolute atomic E-state index is 14.1. The van der Waals surface area contributed by atoms with Gasteiger partial charge in [-0.2, -0.15) is 11.8 Å². The van der Waals surface area contributed by atoms with Gasteiger partial charge in [0.1, 0.15) is 6.33 Å². The van der Waals surface area contributed by atoms with E-state index in [9.17, 15) is 4.39 Å². The molecule has 2 aliphatic rings. The van der Waals surface area contributed by atoms with Gasteiger partial charge in [-0.1, -0.05) is 6.92 Å². The Morgan fingerprint density at radius 1 is 1.32 bits per heavy atom. The Bertz CT molecular complexity index is 444. The summed E-state index contributed by atoms with van der Waals surface area (Å²) < 4.78 is 14.1. The summed E-state index contributed by atoms with van der Waals surface area (Å²) >= 11 is 2.02. The van der Waals surface area contributed by atoms with Gasteiger partial charge < -0.3 is 4.90 Å². The van der Waals surface area contributed by atoms with Gasteiger partial charge in [0.15, 0.2) is 11.6 Å². The van der Waals surface area contributed by atoms with Crippen LogP contribution in [0.4, 0.5) is 10.2 Å². The maximum Gasteiger partial charge on any atom is 0.187 e. The molecule has 0 atom stereocenters. The highest BCUT2D eigenvalue weighted by Gasteiger charge is 2.34. The standard InChI is InChI=1S/C13H19FN4S/c1-2-11-12(14)13(16-9-15-11)18-7-10(8-18)17-3-5-19-6-4-17/h9-10H,2-8H2,1H3. The summed E-state index contributed by atoms with van der Waals surface area (Å²) in [5.74, 6) is 2.68. The van der Waals surface area contributed by atoms with Crippen molar-refractivity contribution < 1.29 is 4.39 Å². The van der Waals surface area contributed by atoms with E-state index in [1.54, 1.807) is 0 Å². The molecule has 1 aromatic heterocycles. The Kier molecular flexibility index (Phi) is 3.88. The van der Waals surface area contributed by atoms with Crippen LogP contribution in [0.1, 0.15) is 12.6 Å². The summed E-state index contributed by atoms with van der Waals surface area (Å²) in [5.41, 5.74) is 0.517. The summed E-state index contributed by atoms with van der Waals surface area (Å²) in [5, 5.41) is 0. The second-order valence-corrected chi connectivity index (χ2v) is 6.24. The van der Waals surface area contributed by atoms with E-state index in [2.05, 4.69) is 14.9 Å². The van der Waals surface area contributed by atoms with Gasteiger partial charge in [0, 0.05) is 43.7 Å². The molecule has 0 radical (unpaired) electrons. The first-order valence-corrected chi connectivity index (χ1v) is 8.01. The van der Waals surface area contributed by atoms with Crippen LogP contribution in [0.25, 0.3) is 0 Å².